The Kier molecular flexibility index (Phi) is 5.43. The molecule has 0 saturated carbocycles. The molecular formula is C17H16N2O3. The molecule has 0 saturated heterocycles. The summed E-state index contributed by atoms with van der Waals surface area (Å²) in [7, 11) is 0. The Hall–Kier alpha value is -2.95. The van der Waals surface area contributed by atoms with Crippen molar-refractivity contribution in [2.75, 3.05) is 6.54 Å². The number of rotatable bonds is 6. The Bertz CT molecular complexity index is 681. The highest BCUT2D eigenvalue weighted by Crippen LogP contribution is 2.18. The third-order valence-corrected chi connectivity index (χ3v) is 3.10. The minimum absolute atomic E-state index is 0.0177. The normalized spacial score (nSPS) is 10.5. The SMILES string of the molecule is O=C(C=Cc1ccccc1[N+](=O)[O-])NCCc1ccccc1. The van der Waals surface area contributed by atoms with Crippen molar-refractivity contribution in [2.45, 2.75) is 6.42 Å². The van der Waals surface area contributed by atoms with Crippen molar-refractivity contribution in [3.8, 4) is 0 Å². The lowest BCUT2D eigenvalue weighted by molar-refractivity contribution is -0.385. The molecule has 5 nitrogen and oxygen atoms in total. The molecule has 0 fully saturated rings. The number of amides is 1. The van der Waals surface area contributed by atoms with Gasteiger partial charge in [0, 0.05) is 18.7 Å². The molecule has 0 heterocycles. The van der Waals surface area contributed by atoms with Crippen LogP contribution in [0, 0.1) is 10.1 Å². The van der Waals surface area contributed by atoms with E-state index in [0.29, 0.717) is 12.1 Å². The van der Waals surface area contributed by atoms with Gasteiger partial charge in [-0.15, -0.1) is 0 Å². The predicted octanol–water partition coefficient (Wildman–Crippen LogP) is 2.97. The molecule has 112 valence electrons. The van der Waals surface area contributed by atoms with E-state index in [9.17, 15) is 14.9 Å². The van der Waals surface area contributed by atoms with Crippen LogP contribution in [0.2, 0.25) is 0 Å². The molecule has 0 atom stereocenters. The van der Waals surface area contributed by atoms with E-state index in [2.05, 4.69) is 5.32 Å². The van der Waals surface area contributed by atoms with Crippen molar-refractivity contribution >= 4 is 17.7 Å². The third kappa shape index (κ3) is 4.56. The van der Waals surface area contributed by atoms with Crippen LogP contribution in [0.5, 0.6) is 0 Å². The molecule has 5 heteroatoms. The first-order chi connectivity index (χ1) is 10.7. The van der Waals surface area contributed by atoms with Crippen molar-refractivity contribution in [2.24, 2.45) is 0 Å². The average molecular weight is 296 g/mol. The lowest BCUT2D eigenvalue weighted by Crippen LogP contribution is -2.23. The molecule has 2 aromatic rings. The molecular weight excluding hydrogens is 280 g/mol. The van der Waals surface area contributed by atoms with Gasteiger partial charge >= 0.3 is 0 Å². The van der Waals surface area contributed by atoms with Crippen LogP contribution in [-0.4, -0.2) is 17.4 Å². The number of benzene rings is 2. The first-order valence-corrected chi connectivity index (χ1v) is 6.90. The highest BCUT2D eigenvalue weighted by molar-refractivity contribution is 5.92. The fourth-order valence-electron chi connectivity index (χ4n) is 1.99. The van der Waals surface area contributed by atoms with Crippen LogP contribution in [-0.2, 0) is 11.2 Å². The van der Waals surface area contributed by atoms with E-state index in [-0.39, 0.29) is 11.6 Å². The highest BCUT2D eigenvalue weighted by atomic mass is 16.6. The van der Waals surface area contributed by atoms with Gasteiger partial charge in [0.25, 0.3) is 5.69 Å². The lowest BCUT2D eigenvalue weighted by atomic mass is 10.1. The van der Waals surface area contributed by atoms with Crippen LogP contribution < -0.4 is 5.32 Å². The second-order valence-electron chi connectivity index (χ2n) is 4.68. The second kappa shape index (κ2) is 7.73. The summed E-state index contributed by atoms with van der Waals surface area (Å²) in [6, 6.07) is 16.1. The number of carbonyl (C=O) groups is 1. The summed E-state index contributed by atoms with van der Waals surface area (Å²) < 4.78 is 0. The van der Waals surface area contributed by atoms with Gasteiger partial charge in [-0.3, -0.25) is 14.9 Å². The zero-order valence-corrected chi connectivity index (χ0v) is 11.9. The highest BCUT2D eigenvalue weighted by Gasteiger charge is 2.09. The maximum atomic E-state index is 11.7. The monoisotopic (exact) mass is 296 g/mol. The molecule has 2 rings (SSSR count). The molecule has 0 unspecified atom stereocenters. The summed E-state index contributed by atoms with van der Waals surface area (Å²) in [5.74, 6) is -0.269. The van der Waals surface area contributed by atoms with Crippen LogP contribution in [0.15, 0.2) is 60.7 Å². The quantitative estimate of drug-likeness (QED) is 0.506. The number of nitrogens with zero attached hydrogens (tertiary/aromatic N) is 1. The van der Waals surface area contributed by atoms with Gasteiger partial charge in [-0.05, 0) is 24.1 Å². The Labute approximate surface area is 128 Å². The first kappa shape index (κ1) is 15.4. The molecule has 0 aromatic heterocycles. The van der Waals surface area contributed by atoms with Crippen molar-refractivity contribution in [1.29, 1.82) is 0 Å². The molecule has 2 aromatic carbocycles. The van der Waals surface area contributed by atoms with E-state index in [4.69, 9.17) is 0 Å². The summed E-state index contributed by atoms with van der Waals surface area (Å²) >= 11 is 0. The van der Waals surface area contributed by atoms with Gasteiger partial charge in [0.1, 0.15) is 0 Å². The lowest BCUT2D eigenvalue weighted by Gasteiger charge is -2.02. The smallest absolute Gasteiger partial charge is 0.276 e. The van der Waals surface area contributed by atoms with Crippen molar-refractivity contribution in [3.63, 3.8) is 0 Å². The van der Waals surface area contributed by atoms with E-state index in [1.54, 1.807) is 18.2 Å². The van der Waals surface area contributed by atoms with Gasteiger partial charge in [0.15, 0.2) is 0 Å². The molecule has 0 aliphatic heterocycles. The number of carbonyl (C=O) groups excluding carboxylic acids is 1. The van der Waals surface area contributed by atoms with Gasteiger partial charge in [-0.1, -0.05) is 42.5 Å². The number of hydrogen-bond donors (Lipinski definition) is 1. The maximum absolute atomic E-state index is 11.7. The van der Waals surface area contributed by atoms with Crippen LogP contribution in [0.3, 0.4) is 0 Å². The fourth-order valence-corrected chi connectivity index (χ4v) is 1.99. The molecule has 0 spiro atoms. The Morgan fingerprint density at radius 3 is 2.50 bits per heavy atom. The second-order valence-corrected chi connectivity index (χ2v) is 4.68. The molecule has 0 radical (unpaired) electrons. The maximum Gasteiger partial charge on any atom is 0.276 e. The van der Waals surface area contributed by atoms with E-state index in [1.165, 1.54) is 18.2 Å². The Morgan fingerprint density at radius 2 is 1.77 bits per heavy atom. The van der Waals surface area contributed by atoms with Crippen LogP contribution in [0.25, 0.3) is 6.08 Å². The Morgan fingerprint density at radius 1 is 1.09 bits per heavy atom. The zero-order chi connectivity index (χ0) is 15.8. The van der Waals surface area contributed by atoms with E-state index >= 15 is 0 Å². The molecule has 1 amide bonds. The van der Waals surface area contributed by atoms with E-state index in [1.807, 2.05) is 30.3 Å². The summed E-state index contributed by atoms with van der Waals surface area (Å²) in [5, 5.41) is 13.6. The fraction of sp³-hybridized carbons (Fsp3) is 0.118. The van der Waals surface area contributed by atoms with Crippen molar-refractivity contribution < 1.29 is 9.72 Å². The minimum atomic E-state index is -0.465. The molecule has 0 bridgehead atoms. The van der Waals surface area contributed by atoms with Crippen LogP contribution in [0.4, 0.5) is 5.69 Å². The van der Waals surface area contributed by atoms with E-state index < -0.39 is 4.92 Å². The topological polar surface area (TPSA) is 72.2 Å². The standard InChI is InChI=1S/C17H16N2O3/c20-17(18-13-12-14-6-2-1-3-7-14)11-10-15-8-4-5-9-16(15)19(21)22/h1-11H,12-13H2,(H,18,20). The molecule has 0 aliphatic carbocycles. The molecule has 1 N–H and O–H groups in total. The van der Waals surface area contributed by atoms with Gasteiger partial charge in [0.05, 0.1) is 10.5 Å². The van der Waals surface area contributed by atoms with Crippen LogP contribution in [0.1, 0.15) is 11.1 Å². The number of para-hydroxylation sites is 1. The van der Waals surface area contributed by atoms with Gasteiger partial charge in [-0.2, -0.15) is 0 Å². The zero-order valence-electron chi connectivity index (χ0n) is 11.9. The summed E-state index contributed by atoms with van der Waals surface area (Å²) in [6.45, 7) is 0.518. The molecule has 22 heavy (non-hydrogen) atoms. The van der Waals surface area contributed by atoms with E-state index in [0.717, 1.165) is 12.0 Å². The molecule has 0 aliphatic rings. The Balaban J connectivity index is 1.88. The number of nitro benzene ring substituents is 1. The predicted molar refractivity (Wildman–Crippen MR) is 85.3 cm³/mol. The van der Waals surface area contributed by atoms with Gasteiger partial charge in [-0.25, -0.2) is 0 Å². The van der Waals surface area contributed by atoms with Gasteiger partial charge in [0.2, 0.25) is 5.91 Å². The number of hydrogen-bond acceptors (Lipinski definition) is 3. The summed E-state index contributed by atoms with van der Waals surface area (Å²) in [5.41, 5.74) is 1.53. The summed E-state index contributed by atoms with van der Waals surface area (Å²) in [4.78, 5) is 22.1. The number of nitro groups is 1. The average Bonchev–Trinajstić information content (AvgIpc) is 2.54. The van der Waals surface area contributed by atoms with Crippen molar-refractivity contribution in [1.82, 2.24) is 5.32 Å². The van der Waals surface area contributed by atoms with Gasteiger partial charge < -0.3 is 5.32 Å². The van der Waals surface area contributed by atoms with Crippen LogP contribution >= 0.6 is 0 Å². The largest absolute Gasteiger partial charge is 0.352 e. The minimum Gasteiger partial charge on any atom is -0.352 e. The first-order valence-electron chi connectivity index (χ1n) is 6.90. The third-order valence-electron chi connectivity index (χ3n) is 3.10. The summed E-state index contributed by atoms with van der Waals surface area (Å²) in [6.07, 6.45) is 3.51. The van der Waals surface area contributed by atoms with Crippen molar-refractivity contribution in [3.05, 3.63) is 81.9 Å². The number of nitrogens with one attached hydrogen (secondary N) is 1.